The van der Waals surface area contributed by atoms with Gasteiger partial charge in [0.05, 0.1) is 18.1 Å². The number of aromatic nitrogens is 6. The van der Waals surface area contributed by atoms with Gasteiger partial charge in [0.15, 0.2) is 10.8 Å². The summed E-state index contributed by atoms with van der Waals surface area (Å²) >= 11 is 1.35. The molecule has 0 N–H and O–H groups in total. The predicted molar refractivity (Wildman–Crippen MR) is 77.7 cm³/mol. The summed E-state index contributed by atoms with van der Waals surface area (Å²) in [4.78, 5) is 20.9. The summed E-state index contributed by atoms with van der Waals surface area (Å²) in [5, 5.41) is 4.37. The summed E-state index contributed by atoms with van der Waals surface area (Å²) in [7, 11) is 1.60. The van der Waals surface area contributed by atoms with Crippen molar-refractivity contribution in [2.24, 2.45) is 7.05 Å². The van der Waals surface area contributed by atoms with Crippen LogP contribution < -0.4 is 5.69 Å². The molecular weight excluding hydrogens is 314 g/mol. The second kappa shape index (κ2) is 5.52. The van der Waals surface area contributed by atoms with Crippen molar-refractivity contribution >= 4 is 22.9 Å². The summed E-state index contributed by atoms with van der Waals surface area (Å²) in [5.41, 5.74) is 1.04. The van der Waals surface area contributed by atoms with Crippen LogP contribution in [0.15, 0.2) is 28.5 Å². The standard InChI is InChI=1S/C12H12F2N6OS/c1-18-8-4-15-11(22-2)17-10(8)20(12(18)21)7-3-16-19(5-7)6-9(13)14/h3-5,9H,6H2,1-2H3. The van der Waals surface area contributed by atoms with Gasteiger partial charge in [0.2, 0.25) is 0 Å². The second-order valence-electron chi connectivity index (χ2n) is 4.55. The minimum absolute atomic E-state index is 0.334. The Morgan fingerprint density at radius 3 is 2.82 bits per heavy atom. The van der Waals surface area contributed by atoms with Crippen molar-refractivity contribution in [2.75, 3.05) is 6.26 Å². The fourth-order valence-electron chi connectivity index (χ4n) is 2.14. The van der Waals surface area contributed by atoms with Crippen molar-refractivity contribution in [2.45, 2.75) is 18.1 Å². The maximum Gasteiger partial charge on any atom is 0.334 e. The largest absolute Gasteiger partial charge is 0.334 e. The first-order valence-electron chi connectivity index (χ1n) is 6.30. The number of imidazole rings is 1. The van der Waals surface area contributed by atoms with E-state index in [1.807, 2.05) is 6.26 Å². The fourth-order valence-corrected chi connectivity index (χ4v) is 2.47. The van der Waals surface area contributed by atoms with E-state index in [9.17, 15) is 13.6 Å². The monoisotopic (exact) mass is 326 g/mol. The number of thioether (sulfide) groups is 1. The third kappa shape index (κ3) is 2.39. The molecule has 0 unspecified atom stereocenters. The van der Waals surface area contributed by atoms with E-state index < -0.39 is 13.0 Å². The van der Waals surface area contributed by atoms with Gasteiger partial charge in [-0.25, -0.2) is 28.1 Å². The quantitative estimate of drug-likeness (QED) is 0.534. The first kappa shape index (κ1) is 14.7. The number of nitrogens with zero attached hydrogens (tertiary/aromatic N) is 6. The summed E-state index contributed by atoms with van der Waals surface area (Å²) in [6.07, 6.45) is 3.64. The normalized spacial score (nSPS) is 11.7. The maximum absolute atomic E-state index is 12.4. The summed E-state index contributed by atoms with van der Waals surface area (Å²) in [5.74, 6) is 0. The average Bonchev–Trinajstić information content (AvgIpc) is 3.02. The molecule has 116 valence electrons. The number of hydrogen-bond donors (Lipinski definition) is 0. The Morgan fingerprint density at radius 1 is 1.36 bits per heavy atom. The Hall–Kier alpha value is -2.23. The molecule has 0 fully saturated rings. The number of hydrogen-bond acceptors (Lipinski definition) is 5. The Balaban J connectivity index is 2.19. The zero-order valence-corrected chi connectivity index (χ0v) is 12.6. The topological polar surface area (TPSA) is 70.5 Å². The number of alkyl halides is 2. The van der Waals surface area contributed by atoms with Gasteiger partial charge in [0.1, 0.15) is 12.1 Å². The van der Waals surface area contributed by atoms with E-state index in [1.165, 1.54) is 33.3 Å². The van der Waals surface area contributed by atoms with E-state index in [4.69, 9.17) is 0 Å². The minimum atomic E-state index is -2.51. The Kier molecular flexibility index (Phi) is 3.69. The van der Waals surface area contributed by atoms with E-state index in [-0.39, 0.29) is 5.69 Å². The van der Waals surface area contributed by atoms with Crippen LogP contribution in [0.1, 0.15) is 0 Å². The average molecular weight is 326 g/mol. The van der Waals surface area contributed by atoms with Crippen molar-refractivity contribution in [3.63, 3.8) is 0 Å². The predicted octanol–water partition coefficient (Wildman–Crippen LogP) is 1.30. The van der Waals surface area contributed by atoms with Gasteiger partial charge in [0, 0.05) is 13.2 Å². The molecule has 22 heavy (non-hydrogen) atoms. The van der Waals surface area contributed by atoms with E-state index in [1.54, 1.807) is 13.2 Å². The Bertz CT molecular complexity index is 883. The highest BCUT2D eigenvalue weighted by molar-refractivity contribution is 7.98. The molecule has 0 atom stereocenters. The lowest BCUT2D eigenvalue weighted by Gasteiger charge is -2.00. The van der Waals surface area contributed by atoms with Gasteiger partial charge in [-0.05, 0) is 6.26 Å². The van der Waals surface area contributed by atoms with Crippen LogP contribution >= 0.6 is 11.8 Å². The number of halogens is 2. The van der Waals surface area contributed by atoms with Crippen LogP contribution in [0, 0.1) is 0 Å². The molecule has 0 aliphatic carbocycles. The van der Waals surface area contributed by atoms with Crippen molar-refractivity contribution < 1.29 is 8.78 Å². The molecule has 0 spiro atoms. The number of aryl methyl sites for hydroxylation is 1. The van der Waals surface area contributed by atoms with Crippen LogP contribution in [-0.2, 0) is 13.6 Å². The zero-order chi connectivity index (χ0) is 15.9. The molecule has 0 amide bonds. The van der Waals surface area contributed by atoms with Crippen LogP contribution in [0.3, 0.4) is 0 Å². The van der Waals surface area contributed by atoms with Crippen LogP contribution in [0.5, 0.6) is 0 Å². The molecule has 0 radical (unpaired) electrons. The first-order valence-corrected chi connectivity index (χ1v) is 7.53. The lowest BCUT2D eigenvalue weighted by Crippen LogP contribution is -2.20. The summed E-state index contributed by atoms with van der Waals surface area (Å²) < 4.78 is 28.7. The zero-order valence-electron chi connectivity index (χ0n) is 11.8. The van der Waals surface area contributed by atoms with Gasteiger partial charge in [-0.1, -0.05) is 11.8 Å². The van der Waals surface area contributed by atoms with Gasteiger partial charge in [-0.2, -0.15) is 5.10 Å². The molecule has 3 rings (SSSR count). The van der Waals surface area contributed by atoms with E-state index in [0.29, 0.717) is 22.0 Å². The third-order valence-electron chi connectivity index (χ3n) is 3.16. The minimum Gasteiger partial charge on any atom is -0.292 e. The highest BCUT2D eigenvalue weighted by Gasteiger charge is 2.16. The number of fused-ring (bicyclic) bond motifs is 1. The molecule has 0 aromatic carbocycles. The molecule has 3 aromatic rings. The van der Waals surface area contributed by atoms with Gasteiger partial charge < -0.3 is 0 Å². The van der Waals surface area contributed by atoms with Gasteiger partial charge in [-0.3, -0.25) is 9.25 Å². The van der Waals surface area contributed by atoms with Crippen LogP contribution in [0.25, 0.3) is 16.9 Å². The SMILES string of the molecule is CSc1ncc2c(n1)n(-c1cnn(CC(F)F)c1)c(=O)n2C. The lowest BCUT2D eigenvalue weighted by molar-refractivity contribution is 0.122. The molecule has 0 saturated carbocycles. The molecule has 0 aliphatic rings. The van der Waals surface area contributed by atoms with Crippen LogP contribution in [-0.4, -0.2) is 41.6 Å². The van der Waals surface area contributed by atoms with E-state index in [0.717, 1.165) is 4.68 Å². The lowest BCUT2D eigenvalue weighted by atomic mass is 10.5. The van der Waals surface area contributed by atoms with Crippen molar-refractivity contribution in [3.8, 4) is 5.69 Å². The maximum atomic E-state index is 12.4. The molecule has 0 saturated heterocycles. The van der Waals surface area contributed by atoms with E-state index >= 15 is 0 Å². The smallest absolute Gasteiger partial charge is 0.292 e. The number of rotatable bonds is 4. The highest BCUT2D eigenvalue weighted by Crippen LogP contribution is 2.17. The fraction of sp³-hybridized carbons (Fsp3) is 0.333. The molecule has 7 nitrogen and oxygen atoms in total. The molecule has 0 aliphatic heterocycles. The van der Waals surface area contributed by atoms with Crippen LogP contribution in [0.2, 0.25) is 0 Å². The Labute approximate surface area is 127 Å². The van der Waals surface area contributed by atoms with Crippen LogP contribution in [0.4, 0.5) is 8.78 Å². The Morgan fingerprint density at radius 2 is 2.14 bits per heavy atom. The van der Waals surface area contributed by atoms with Crippen molar-refractivity contribution in [1.29, 1.82) is 0 Å². The van der Waals surface area contributed by atoms with Crippen molar-refractivity contribution in [1.82, 2.24) is 28.9 Å². The molecule has 0 bridgehead atoms. The molecular formula is C12H12F2N6OS. The highest BCUT2D eigenvalue weighted by atomic mass is 32.2. The van der Waals surface area contributed by atoms with Gasteiger partial charge in [-0.15, -0.1) is 0 Å². The summed E-state index contributed by atoms with van der Waals surface area (Å²) in [6, 6.07) is 0. The first-order chi connectivity index (χ1) is 10.5. The molecule has 10 heteroatoms. The molecule has 3 aromatic heterocycles. The van der Waals surface area contributed by atoms with Crippen molar-refractivity contribution in [3.05, 3.63) is 29.1 Å². The summed E-state index contributed by atoms with van der Waals surface area (Å²) in [6.45, 7) is -0.523. The van der Waals surface area contributed by atoms with Gasteiger partial charge in [0.25, 0.3) is 6.43 Å². The second-order valence-corrected chi connectivity index (χ2v) is 5.33. The third-order valence-corrected chi connectivity index (χ3v) is 3.73. The van der Waals surface area contributed by atoms with Gasteiger partial charge >= 0.3 is 5.69 Å². The van der Waals surface area contributed by atoms with E-state index in [2.05, 4.69) is 15.1 Å². The molecule has 3 heterocycles.